The Hall–Kier alpha value is -2.76. The van der Waals surface area contributed by atoms with Crippen molar-refractivity contribution in [3.63, 3.8) is 0 Å². The van der Waals surface area contributed by atoms with E-state index in [1.807, 2.05) is 54.6 Å². The summed E-state index contributed by atoms with van der Waals surface area (Å²) in [6.07, 6.45) is 1.92. The van der Waals surface area contributed by atoms with E-state index in [0.29, 0.717) is 0 Å². The van der Waals surface area contributed by atoms with Gasteiger partial charge < -0.3 is 15.2 Å². The molecular formula is C23H21BrN2O2. The van der Waals surface area contributed by atoms with Crippen molar-refractivity contribution in [3.05, 3.63) is 100 Å². The molecule has 4 nitrogen and oxygen atoms in total. The lowest BCUT2D eigenvalue weighted by Gasteiger charge is -2.34. The fourth-order valence-electron chi connectivity index (χ4n) is 3.48. The number of rotatable bonds is 4. The van der Waals surface area contributed by atoms with E-state index in [4.69, 9.17) is 4.74 Å². The summed E-state index contributed by atoms with van der Waals surface area (Å²) in [5.74, 6) is 1.07. The van der Waals surface area contributed by atoms with E-state index in [0.717, 1.165) is 32.6 Å². The molecule has 3 aromatic rings. The summed E-state index contributed by atoms with van der Waals surface area (Å²) >= 11 is 3.55. The second-order valence-electron chi connectivity index (χ2n) is 6.61. The van der Waals surface area contributed by atoms with Crippen LogP contribution < -0.4 is 15.4 Å². The van der Waals surface area contributed by atoms with Gasteiger partial charge in [0.1, 0.15) is 17.7 Å². The van der Waals surface area contributed by atoms with E-state index in [1.54, 1.807) is 13.2 Å². The zero-order chi connectivity index (χ0) is 19.5. The van der Waals surface area contributed by atoms with E-state index in [2.05, 4.69) is 44.8 Å². The third kappa shape index (κ3) is 3.77. The molecule has 3 aromatic carbocycles. The first-order valence-electron chi connectivity index (χ1n) is 9.07. The Bertz CT molecular complexity index is 1020. The number of ether oxygens (including phenoxy) is 1. The van der Waals surface area contributed by atoms with Gasteiger partial charge in [-0.05, 0) is 35.9 Å². The predicted molar refractivity (Wildman–Crippen MR) is 115 cm³/mol. The van der Waals surface area contributed by atoms with Gasteiger partial charge in [-0.25, -0.2) is 0 Å². The lowest BCUT2D eigenvalue weighted by molar-refractivity contribution is 0.379. The summed E-state index contributed by atoms with van der Waals surface area (Å²) in [5, 5.41) is 17.6. The van der Waals surface area contributed by atoms with Crippen molar-refractivity contribution in [1.82, 2.24) is 10.6 Å². The second-order valence-corrected chi connectivity index (χ2v) is 7.53. The maximum Gasteiger partial charge on any atom is 0.125 e. The molecule has 0 spiro atoms. The molecule has 0 amide bonds. The smallest absolute Gasteiger partial charge is 0.125 e. The number of phenols is 1. The van der Waals surface area contributed by atoms with Crippen LogP contribution in [-0.4, -0.2) is 12.2 Å². The maximum absolute atomic E-state index is 10.4. The molecule has 0 bridgehead atoms. The molecule has 4 rings (SSSR count). The van der Waals surface area contributed by atoms with Crippen LogP contribution in [0.25, 0.3) is 5.70 Å². The van der Waals surface area contributed by atoms with Crippen LogP contribution in [-0.2, 0) is 0 Å². The van der Waals surface area contributed by atoms with Gasteiger partial charge in [0.2, 0.25) is 0 Å². The molecule has 28 heavy (non-hydrogen) atoms. The van der Waals surface area contributed by atoms with Crippen LogP contribution in [0.15, 0.2) is 83.3 Å². The average Bonchev–Trinajstić information content (AvgIpc) is 2.73. The second kappa shape index (κ2) is 8.09. The van der Waals surface area contributed by atoms with Gasteiger partial charge in [-0.2, -0.15) is 0 Å². The minimum atomic E-state index is -0.181. The van der Waals surface area contributed by atoms with Gasteiger partial charge in [0.25, 0.3) is 0 Å². The van der Waals surface area contributed by atoms with Crippen molar-refractivity contribution in [3.8, 4) is 11.5 Å². The third-order valence-electron chi connectivity index (χ3n) is 4.84. The molecule has 0 aromatic heterocycles. The van der Waals surface area contributed by atoms with Crippen LogP contribution in [0.3, 0.4) is 0 Å². The van der Waals surface area contributed by atoms with Gasteiger partial charge in [-0.15, -0.1) is 0 Å². The van der Waals surface area contributed by atoms with Gasteiger partial charge >= 0.3 is 0 Å². The summed E-state index contributed by atoms with van der Waals surface area (Å²) in [4.78, 5) is 0. The largest absolute Gasteiger partial charge is 0.508 e. The quantitative estimate of drug-likeness (QED) is 0.529. The number of methoxy groups -OCH3 is 1. The molecule has 1 heterocycles. The number of hydrogen-bond donors (Lipinski definition) is 3. The van der Waals surface area contributed by atoms with E-state index >= 15 is 0 Å². The number of para-hydroxylation sites is 2. The molecule has 0 saturated heterocycles. The molecule has 3 N–H and O–H groups in total. The van der Waals surface area contributed by atoms with Crippen LogP contribution in [0, 0.1) is 0 Å². The van der Waals surface area contributed by atoms with Crippen LogP contribution in [0.4, 0.5) is 0 Å². The Morgan fingerprint density at radius 1 is 0.929 bits per heavy atom. The topological polar surface area (TPSA) is 53.5 Å². The zero-order valence-electron chi connectivity index (χ0n) is 15.4. The van der Waals surface area contributed by atoms with E-state index in [1.165, 1.54) is 0 Å². The van der Waals surface area contributed by atoms with E-state index in [-0.39, 0.29) is 18.0 Å². The maximum atomic E-state index is 10.4. The van der Waals surface area contributed by atoms with Crippen molar-refractivity contribution in [2.75, 3.05) is 7.11 Å². The van der Waals surface area contributed by atoms with Gasteiger partial charge in [0.05, 0.1) is 13.2 Å². The lowest BCUT2D eigenvalue weighted by Crippen LogP contribution is -2.39. The molecule has 1 aliphatic rings. The summed E-state index contributed by atoms with van der Waals surface area (Å²) < 4.78 is 6.58. The number of phenolic OH excluding ortho intramolecular Hbond substituents is 1. The molecular weight excluding hydrogens is 416 g/mol. The molecule has 5 heteroatoms. The van der Waals surface area contributed by atoms with Crippen LogP contribution >= 0.6 is 15.9 Å². The Morgan fingerprint density at radius 3 is 2.43 bits per heavy atom. The number of nitrogens with one attached hydrogen (secondary N) is 2. The van der Waals surface area contributed by atoms with Crippen molar-refractivity contribution in [1.29, 1.82) is 0 Å². The highest BCUT2D eigenvalue weighted by atomic mass is 79.9. The molecule has 0 radical (unpaired) electrons. The average molecular weight is 437 g/mol. The molecule has 2 atom stereocenters. The monoisotopic (exact) mass is 436 g/mol. The fraction of sp³-hybridized carbons (Fsp3) is 0.130. The van der Waals surface area contributed by atoms with Gasteiger partial charge in [0.15, 0.2) is 0 Å². The van der Waals surface area contributed by atoms with Crippen molar-refractivity contribution in [2.45, 2.75) is 12.2 Å². The first-order chi connectivity index (χ1) is 13.7. The molecule has 0 fully saturated rings. The first kappa shape index (κ1) is 18.6. The molecule has 2 unspecified atom stereocenters. The van der Waals surface area contributed by atoms with Crippen LogP contribution in [0.2, 0.25) is 0 Å². The van der Waals surface area contributed by atoms with Gasteiger partial charge in [0, 0.05) is 21.3 Å². The third-order valence-corrected chi connectivity index (χ3v) is 5.33. The molecule has 0 aliphatic carbocycles. The Morgan fingerprint density at radius 2 is 1.68 bits per heavy atom. The summed E-state index contributed by atoms with van der Waals surface area (Å²) in [6, 6.07) is 23.3. The van der Waals surface area contributed by atoms with E-state index < -0.39 is 0 Å². The highest BCUT2D eigenvalue weighted by molar-refractivity contribution is 9.10. The highest BCUT2D eigenvalue weighted by Gasteiger charge is 2.27. The Balaban J connectivity index is 1.79. The molecule has 142 valence electrons. The minimum absolute atomic E-state index is 0.161. The molecule has 0 saturated carbocycles. The van der Waals surface area contributed by atoms with Gasteiger partial charge in [-0.3, -0.25) is 5.32 Å². The minimum Gasteiger partial charge on any atom is -0.508 e. The highest BCUT2D eigenvalue weighted by Crippen LogP contribution is 2.35. The predicted octanol–water partition coefficient (Wildman–Crippen LogP) is 5.14. The van der Waals surface area contributed by atoms with Gasteiger partial charge in [-0.1, -0.05) is 64.5 Å². The van der Waals surface area contributed by atoms with Crippen LogP contribution in [0.5, 0.6) is 11.5 Å². The lowest BCUT2D eigenvalue weighted by atomic mass is 9.97. The Labute approximate surface area is 173 Å². The Kier molecular flexibility index (Phi) is 5.37. The van der Waals surface area contributed by atoms with Crippen LogP contribution in [0.1, 0.15) is 28.9 Å². The van der Waals surface area contributed by atoms with Crippen molar-refractivity contribution < 1.29 is 9.84 Å². The number of benzene rings is 3. The fourth-order valence-corrected chi connectivity index (χ4v) is 3.88. The number of halogens is 1. The molecule has 1 aliphatic heterocycles. The summed E-state index contributed by atoms with van der Waals surface area (Å²) in [7, 11) is 1.67. The number of hydrogen-bond acceptors (Lipinski definition) is 4. The SMILES string of the molecule is COc1ccccc1C1NC(c2cccc(Br)c2)=CC(c2ccccc2O)N1. The number of aromatic hydroxyl groups is 1. The first-order valence-corrected chi connectivity index (χ1v) is 9.86. The standard InChI is InChI=1S/C23H21BrN2O2/c1-28-22-12-5-3-10-18(22)23-25-19(15-7-6-8-16(24)13-15)14-20(26-23)17-9-2-4-11-21(17)27/h2-14,20,23,25-27H,1H3. The summed E-state index contributed by atoms with van der Waals surface area (Å²) in [6.45, 7) is 0. The summed E-state index contributed by atoms with van der Waals surface area (Å²) in [5.41, 5.74) is 3.89. The van der Waals surface area contributed by atoms with E-state index in [9.17, 15) is 5.11 Å². The van der Waals surface area contributed by atoms with Crippen molar-refractivity contribution in [2.24, 2.45) is 0 Å². The normalized spacial score (nSPS) is 18.9. The zero-order valence-corrected chi connectivity index (χ0v) is 17.0. The van der Waals surface area contributed by atoms with Crippen molar-refractivity contribution >= 4 is 21.6 Å².